The first-order valence-corrected chi connectivity index (χ1v) is 7.52. The highest BCUT2D eigenvalue weighted by atomic mass is 32.1. The van der Waals surface area contributed by atoms with Gasteiger partial charge in [-0.05, 0) is 18.3 Å². The summed E-state index contributed by atoms with van der Waals surface area (Å²) >= 11 is 1.48. The van der Waals surface area contributed by atoms with E-state index in [0.717, 1.165) is 12.1 Å². The lowest BCUT2D eigenvalue weighted by atomic mass is 9.94. The van der Waals surface area contributed by atoms with Gasteiger partial charge in [0.25, 0.3) is 0 Å². The quantitative estimate of drug-likeness (QED) is 0.685. The minimum absolute atomic E-state index is 0.0440. The number of aromatic nitrogens is 1. The molecule has 0 saturated carbocycles. The molecule has 1 heterocycles. The fourth-order valence-electron chi connectivity index (χ4n) is 1.95. The predicted octanol–water partition coefficient (Wildman–Crippen LogP) is 2.08. The Morgan fingerprint density at radius 3 is 2.70 bits per heavy atom. The van der Waals surface area contributed by atoms with Gasteiger partial charge in [0, 0.05) is 18.3 Å². The number of urea groups is 1. The van der Waals surface area contributed by atoms with Crippen LogP contribution in [-0.2, 0) is 11.3 Å². The monoisotopic (exact) mass is 299 g/mol. The Hall–Kier alpha value is -1.63. The third kappa shape index (κ3) is 7.08. The molecule has 0 radical (unpaired) electrons. The van der Waals surface area contributed by atoms with Crippen LogP contribution in [0.5, 0.6) is 0 Å². The Balaban J connectivity index is 2.30. The first-order valence-electron chi connectivity index (χ1n) is 6.58. The van der Waals surface area contributed by atoms with Crippen molar-refractivity contribution in [2.75, 3.05) is 6.54 Å². The Morgan fingerprint density at radius 1 is 1.40 bits per heavy atom. The fourth-order valence-corrected chi connectivity index (χ4v) is 2.51. The highest BCUT2D eigenvalue weighted by Crippen LogP contribution is 2.14. The summed E-state index contributed by atoms with van der Waals surface area (Å²) < 4.78 is 0. The molecule has 0 aliphatic heterocycles. The molecule has 7 heteroatoms. The van der Waals surface area contributed by atoms with Crippen LogP contribution in [0.25, 0.3) is 0 Å². The highest BCUT2D eigenvalue weighted by Gasteiger charge is 2.16. The Bertz CT molecular complexity index is 421. The lowest BCUT2D eigenvalue weighted by molar-refractivity contribution is -0.138. The third-order valence-corrected chi connectivity index (χ3v) is 3.37. The third-order valence-electron chi connectivity index (χ3n) is 2.73. The van der Waals surface area contributed by atoms with Gasteiger partial charge in [0.1, 0.15) is 0 Å². The average Bonchev–Trinajstić information content (AvgIpc) is 2.85. The van der Waals surface area contributed by atoms with Crippen LogP contribution in [0.4, 0.5) is 4.79 Å². The van der Waals surface area contributed by atoms with Gasteiger partial charge in [0.05, 0.1) is 17.7 Å². The number of carbonyl (C=O) groups excluding carboxylic acids is 1. The Morgan fingerprint density at radius 2 is 2.15 bits per heavy atom. The fraction of sp³-hybridized carbons (Fsp3) is 0.615. The molecular weight excluding hydrogens is 278 g/mol. The lowest BCUT2D eigenvalue weighted by Gasteiger charge is -2.17. The van der Waals surface area contributed by atoms with Crippen molar-refractivity contribution < 1.29 is 14.7 Å². The second-order valence-corrected chi connectivity index (χ2v) is 5.86. The molecule has 0 fully saturated rings. The topological polar surface area (TPSA) is 91.3 Å². The van der Waals surface area contributed by atoms with Crippen molar-refractivity contribution in [3.8, 4) is 0 Å². The average molecular weight is 299 g/mol. The largest absolute Gasteiger partial charge is 0.481 e. The van der Waals surface area contributed by atoms with Gasteiger partial charge in [0.2, 0.25) is 0 Å². The molecule has 1 unspecified atom stereocenters. The van der Waals surface area contributed by atoms with Gasteiger partial charge in [0.15, 0.2) is 0 Å². The summed E-state index contributed by atoms with van der Waals surface area (Å²) in [5, 5.41) is 16.1. The van der Waals surface area contributed by atoms with Gasteiger partial charge in [-0.25, -0.2) is 9.78 Å². The molecule has 1 aromatic rings. The molecule has 1 aromatic heterocycles. The summed E-state index contributed by atoms with van der Waals surface area (Å²) in [6.45, 7) is 4.82. The van der Waals surface area contributed by atoms with Gasteiger partial charge in [-0.2, -0.15) is 0 Å². The molecule has 20 heavy (non-hydrogen) atoms. The number of rotatable bonds is 8. The molecular formula is C13H21N3O3S. The first-order chi connectivity index (χ1) is 9.47. The molecule has 2 amide bonds. The zero-order valence-electron chi connectivity index (χ0n) is 11.8. The van der Waals surface area contributed by atoms with E-state index in [1.165, 1.54) is 11.3 Å². The maximum atomic E-state index is 11.6. The van der Waals surface area contributed by atoms with E-state index in [1.807, 2.05) is 19.2 Å². The smallest absolute Gasteiger partial charge is 0.315 e. The van der Waals surface area contributed by atoms with Crippen molar-refractivity contribution in [2.24, 2.45) is 11.8 Å². The van der Waals surface area contributed by atoms with Gasteiger partial charge in [-0.3, -0.25) is 4.79 Å². The first kappa shape index (κ1) is 16.4. The van der Waals surface area contributed by atoms with Crippen LogP contribution in [0.2, 0.25) is 0 Å². The summed E-state index contributed by atoms with van der Waals surface area (Å²) in [6.07, 6.45) is 0.850. The zero-order chi connectivity index (χ0) is 15.0. The molecule has 1 atom stereocenters. The predicted molar refractivity (Wildman–Crippen MR) is 77.6 cm³/mol. The number of hydrogen-bond donors (Lipinski definition) is 3. The van der Waals surface area contributed by atoms with E-state index in [1.54, 1.807) is 5.51 Å². The number of thiazole rings is 1. The summed E-state index contributed by atoms with van der Waals surface area (Å²) in [5.41, 5.74) is 2.52. The summed E-state index contributed by atoms with van der Waals surface area (Å²) in [4.78, 5) is 26.5. The number of nitrogens with one attached hydrogen (secondary N) is 2. The standard InChI is InChI=1S/C13H21N3O3S/c1-9(2)3-10(4-12(17)18)5-14-13(19)15-6-11-7-20-8-16-11/h7-10H,3-6H2,1-2H3,(H,17,18)(H2,14,15,19). The van der Waals surface area contributed by atoms with Crippen LogP contribution in [0.1, 0.15) is 32.4 Å². The maximum Gasteiger partial charge on any atom is 0.315 e. The molecule has 0 aliphatic rings. The van der Waals surface area contributed by atoms with Crippen LogP contribution in [-0.4, -0.2) is 28.6 Å². The van der Waals surface area contributed by atoms with Crippen molar-refractivity contribution >= 4 is 23.3 Å². The van der Waals surface area contributed by atoms with Crippen LogP contribution in [0, 0.1) is 11.8 Å². The summed E-state index contributed by atoms with van der Waals surface area (Å²) in [7, 11) is 0. The molecule has 0 aromatic carbocycles. The van der Waals surface area contributed by atoms with E-state index >= 15 is 0 Å². The minimum Gasteiger partial charge on any atom is -0.481 e. The van der Waals surface area contributed by atoms with E-state index in [9.17, 15) is 9.59 Å². The zero-order valence-corrected chi connectivity index (χ0v) is 12.6. The maximum absolute atomic E-state index is 11.6. The van der Waals surface area contributed by atoms with Crippen LogP contribution in [0.3, 0.4) is 0 Å². The van der Waals surface area contributed by atoms with Crippen LogP contribution >= 0.6 is 11.3 Å². The Labute approximate surface area is 122 Å². The second kappa shape index (κ2) is 8.52. The van der Waals surface area contributed by atoms with E-state index in [4.69, 9.17) is 5.11 Å². The number of aliphatic carboxylic acids is 1. The molecule has 1 rings (SSSR count). The minimum atomic E-state index is -0.833. The van der Waals surface area contributed by atoms with Crippen molar-refractivity contribution in [1.82, 2.24) is 15.6 Å². The van der Waals surface area contributed by atoms with Gasteiger partial charge in [-0.1, -0.05) is 13.8 Å². The van der Waals surface area contributed by atoms with E-state index < -0.39 is 5.97 Å². The molecule has 0 aliphatic carbocycles. The van der Waals surface area contributed by atoms with E-state index in [0.29, 0.717) is 19.0 Å². The van der Waals surface area contributed by atoms with E-state index in [-0.39, 0.29) is 18.4 Å². The summed E-state index contributed by atoms with van der Waals surface area (Å²) in [6, 6.07) is -0.294. The molecule has 0 bridgehead atoms. The Kier molecular flexibility index (Phi) is 7.00. The SMILES string of the molecule is CC(C)CC(CNC(=O)NCc1cscn1)CC(=O)O. The molecule has 0 saturated heterocycles. The summed E-state index contributed by atoms with van der Waals surface area (Å²) in [5.74, 6) is -0.475. The van der Waals surface area contributed by atoms with Gasteiger partial charge in [-0.15, -0.1) is 11.3 Å². The van der Waals surface area contributed by atoms with Crippen molar-refractivity contribution in [2.45, 2.75) is 33.2 Å². The second-order valence-electron chi connectivity index (χ2n) is 5.14. The molecule has 112 valence electrons. The number of carboxylic acid groups (broad SMARTS) is 1. The number of carbonyl (C=O) groups is 2. The number of hydrogen-bond acceptors (Lipinski definition) is 4. The molecule has 0 spiro atoms. The van der Waals surface area contributed by atoms with Crippen LogP contribution < -0.4 is 10.6 Å². The van der Waals surface area contributed by atoms with Gasteiger partial charge < -0.3 is 15.7 Å². The number of nitrogens with zero attached hydrogens (tertiary/aromatic N) is 1. The van der Waals surface area contributed by atoms with Crippen molar-refractivity contribution in [3.63, 3.8) is 0 Å². The molecule has 3 N–H and O–H groups in total. The number of amides is 2. The lowest BCUT2D eigenvalue weighted by Crippen LogP contribution is -2.38. The van der Waals surface area contributed by atoms with E-state index in [2.05, 4.69) is 15.6 Å². The van der Waals surface area contributed by atoms with Crippen LogP contribution in [0.15, 0.2) is 10.9 Å². The van der Waals surface area contributed by atoms with Gasteiger partial charge >= 0.3 is 12.0 Å². The normalized spacial score (nSPS) is 12.2. The number of carboxylic acids is 1. The van der Waals surface area contributed by atoms with Crippen molar-refractivity contribution in [1.29, 1.82) is 0 Å². The highest BCUT2D eigenvalue weighted by molar-refractivity contribution is 7.07. The van der Waals surface area contributed by atoms with Crippen molar-refractivity contribution in [3.05, 3.63) is 16.6 Å². The molecule has 6 nitrogen and oxygen atoms in total.